The Morgan fingerprint density at radius 1 is 0.912 bits per heavy atom. The number of nitrogens with zero attached hydrogens (tertiary/aromatic N) is 3. The van der Waals surface area contributed by atoms with Crippen LogP contribution < -0.4 is 10.5 Å². The molecule has 20 nitrogen and oxygen atoms in total. The third-order valence-corrected chi connectivity index (χ3v) is 13.6. The molecule has 4 aliphatic rings. The van der Waals surface area contributed by atoms with Crippen molar-refractivity contribution < 1.29 is 60.4 Å². The third kappa shape index (κ3) is 7.34. The molecule has 57 heavy (non-hydrogen) atoms. The molecule has 0 aromatic heterocycles. The summed E-state index contributed by atoms with van der Waals surface area (Å²) in [7, 11) is -10.7. The predicted molar refractivity (Wildman–Crippen MR) is 195 cm³/mol. The van der Waals surface area contributed by atoms with E-state index < -0.39 is 115 Å². The standard InChI is InChI=1S/C33H33Cl2N5O15S2/c1-19(29(36)41)54-32(14-2-3-15-52-32)40(57(50,51)23-10-12-25(35)27(18-23)39(46)47)55-33(37-56(48,49)22-9-11-24(34)26(17-22)38(44)45)31(13-4-16-53-33)21-7-5-20(6-8-21)28(31)30(42)43/h5-12,17-19,28,37H,2-4,13-16H2,1H3,(H2,36,41)(H,42,43). The van der Waals surface area contributed by atoms with Crippen LogP contribution in [0, 0.1) is 20.2 Å². The first-order valence-corrected chi connectivity index (χ1v) is 20.6. The van der Waals surface area contributed by atoms with E-state index in [2.05, 4.69) is 4.72 Å². The van der Waals surface area contributed by atoms with Gasteiger partial charge in [-0.1, -0.05) is 47.5 Å². The number of fused-ring (bicyclic) bond motifs is 2. The lowest BCUT2D eigenvalue weighted by Crippen LogP contribution is -2.74. The van der Waals surface area contributed by atoms with Crippen LogP contribution in [0.15, 0.2) is 70.5 Å². The zero-order chi connectivity index (χ0) is 41.7. The van der Waals surface area contributed by atoms with Gasteiger partial charge < -0.3 is 25.1 Å². The van der Waals surface area contributed by atoms with Crippen molar-refractivity contribution in [2.45, 2.75) is 78.1 Å². The van der Waals surface area contributed by atoms with Gasteiger partial charge >= 0.3 is 5.97 Å². The maximum atomic E-state index is 15.1. The van der Waals surface area contributed by atoms with Crippen LogP contribution in [0.2, 0.25) is 10.0 Å². The van der Waals surface area contributed by atoms with Crippen molar-refractivity contribution in [3.8, 4) is 0 Å². The number of nitrogens with two attached hydrogens (primary N) is 1. The molecule has 2 heterocycles. The number of carboxylic acid groups (broad SMARTS) is 1. The average molecular weight is 875 g/mol. The maximum Gasteiger partial charge on any atom is 0.312 e. The summed E-state index contributed by atoms with van der Waals surface area (Å²) < 4.78 is 79.8. The monoisotopic (exact) mass is 873 g/mol. The highest BCUT2D eigenvalue weighted by Crippen LogP contribution is 2.58. The van der Waals surface area contributed by atoms with Gasteiger partial charge in [0.05, 0.1) is 44.2 Å². The number of amides is 1. The number of carbonyl (C=O) groups excluding carboxylic acids is 1. The van der Waals surface area contributed by atoms with Crippen LogP contribution in [0.1, 0.15) is 56.1 Å². The minimum atomic E-state index is -5.47. The number of aliphatic carboxylic acids is 1. The quantitative estimate of drug-likeness (QED) is 0.117. The molecule has 2 aliphatic carbocycles. The Morgan fingerprint density at radius 2 is 1.49 bits per heavy atom. The second-order valence-electron chi connectivity index (χ2n) is 13.3. The Balaban J connectivity index is 1.68. The van der Waals surface area contributed by atoms with Gasteiger partial charge in [-0.25, -0.2) is 21.7 Å². The van der Waals surface area contributed by atoms with Gasteiger partial charge in [-0.15, -0.1) is 0 Å². The Bertz CT molecular complexity index is 2360. The van der Waals surface area contributed by atoms with Crippen molar-refractivity contribution in [2.75, 3.05) is 13.2 Å². The second kappa shape index (κ2) is 15.4. The topological polar surface area (TPSA) is 287 Å². The molecular weight excluding hydrogens is 841 g/mol. The van der Waals surface area contributed by atoms with Gasteiger partial charge in [-0.2, -0.15) is 4.72 Å². The van der Waals surface area contributed by atoms with E-state index >= 15 is 8.42 Å². The highest BCUT2D eigenvalue weighted by Gasteiger charge is 2.69. The van der Waals surface area contributed by atoms with Gasteiger partial charge in [0.15, 0.2) is 0 Å². The Morgan fingerprint density at radius 3 is 2.04 bits per heavy atom. The fourth-order valence-corrected chi connectivity index (χ4v) is 10.3. The molecule has 306 valence electrons. The molecule has 0 saturated carbocycles. The minimum absolute atomic E-state index is 0.0469. The Hall–Kier alpha value is -4.36. The maximum absolute atomic E-state index is 15.1. The summed E-state index contributed by atoms with van der Waals surface area (Å²) in [6.07, 6.45) is -1.81. The first-order valence-electron chi connectivity index (χ1n) is 17.0. The lowest BCUT2D eigenvalue weighted by Gasteiger charge is -2.57. The minimum Gasteiger partial charge on any atom is -0.481 e. The van der Waals surface area contributed by atoms with Crippen molar-refractivity contribution in [3.05, 3.63) is 102 Å². The van der Waals surface area contributed by atoms with E-state index in [1.807, 2.05) is 0 Å². The highest BCUT2D eigenvalue weighted by molar-refractivity contribution is 7.89. The van der Waals surface area contributed by atoms with Crippen LogP contribution in [0.3, 0.4) is 0 Å². The van der Waals surface area contributed by atoms with Crippen LogP contribution in [0.4, 0.5) is 11.4 Å². The molecule has 2 bridgehead atoms. The number of hydrogen-bond donors (Lipinski definition) is 3. The third-order valence-electron chi connectivity index (χ3n) is 9.90. The summed E-state index contributed by atoms with van der Waals surface area (Å²) in [6, 6.07) is 10.6. The largest absolute Gasteiger partial charge is 0.481 e. The first-order chi connectivity index (χ1) is 26.7. The lowest BCUT2D eigenvalue weighted by molar-refractivity contribution is -0.457. The smallest absolute Gasteiger partial charge is 0.312 e. The fourth-order valence-electron chi connectivity index (χ4n) is 7.26. The summed E-state index contributed by atoms with van der Waals surface area (Å²) in [5.41, 5.74) is 1.86. The summed E-state index contributed by atoms with van der Waals surface area (Å²) >= 11 is 12.0. The number of benzene rings is 3. The van der Waals surface area contributed by atoms with E-state index in [-0.39, 0.29) is 41.5 Å². The van der Waals surface area contributed by atoms with Crippen molar-refractivity contribution >= 4 is 66.5 Å². The summed E-state index contributed by atoms with van der Waals surface area (Å²) in [5, 5.41) is 33.7. The normalized spacial score (nSPS) is 25.3. The molecule has 0 radical (unpaired) electrons. The van der Waals surface area contributed by atoms with Gasteiger partial charge in [-0.3, -0.25) is 29.8 Å². The zero-order valence-corrected chi connectivity index (χ0v) is 32.7. The van der Waals surface area contributed by atoms with Gasteiger partial charge in [0.1, 0.15) is 16.1 Å². The molecular formula is C33H33Cl2N5O15S2. The average Bonchev–Trinajstić information content (AvgIpc) is 3.15. The van der Waals surface area contributed by atoms with Crippen molar-refractivity contribution in [2.24, 2.45) is 5.73 Å². The molecule has 3 aromatic rings. The molecule has 1 spiro atoms. The number of nitro groups is 2. The van der Waals surface area contributed by atoms with Gasteiger partial charge in [0.2, 0.25) is 15.9 Å². The lowest BCUT2D eigenvalue weighted by atomic mass is 9.58. The van der Waals surface area contributed by atoms with E-state index in [0.29, 0.717) is 18.6 Å². The molecule has 1 amide bonds. The highest BCUT2D eigenvalue weighted by atomic mass is 35.5. The number of rotatable bonds is 14. The zero-order valence-electron chi connectivity index (χ0n) is 29.5. The van der Waals surface area contributed by atoms with E-state index in [9.17, 15) is 43.3 Å². The second-order valence-corrected chi connectivity index (χ2v) is 17.5. The summed E-state index contributed by atoms with van der Waals surface area (Å²) in [4.78, 5) is 52.4. The predicted octanol–water partition coefficient (Wildman–Crippen LogP) is 4.04. The molecule has 4 N–H and O–H groups in total. The number of sulfonamides is 2. The van der Waals surface area contributed by atoms with E-state index in [1.165, 1.54) is 24.3 Å². The van der Waals surface area contributed by atoms with E-state index in [0.717, 1.165) is 31.2 Å². The van der Waals surface area contributed by atoms with Crippen molar-refractivity contribution in [3.63, 3.8) is 0 Å². The van der Waals surface area contributed by atoms with Gasteiger partial charge in [0, 0.05) is 18.6 Å². The van der Waals surface area contributed by atoms with Gasteiger partial charge in [0.25, 0.3) is 33.2 Å². The van der Waals surface area contributed by atoms with Crippen molar-refractivity contribution in [1.82, 2.24) is 9.19 Å². The van der Waals surface area contributed by atoms with Crippen LogP contribution in [0.25, 0.3) is 0 Å². The molecule has 7 rings (SSSR count). The van der Waals surface area contributed by atoms with Gasteiger partial charge in [-0.05, 0) is 72.5 Å². The van der Waals surface area contributed by atoms with E-state index in [1.54, 1.807) is 0 Å². The number of hydrogen-bond acceptors (Lipinski definition) is 14. The van der Waals surface area contributed by atoms with Crippen LogP contribution >= 0.6 is 23.2 Å². The number of primary amides is 1. The number of nitrogens with one attached hydrogen (secondary N) is 1. The molecule has 24 heteroatoms. The van der Waals surface area contributed by atoms with Crippen LogP contribution in [-0.2, 0) is 54.1 Å². The Labute approximate surface area is 334 Å². The van der Waals surface area contributed by atoms with Crippen LogP contribution in [0.5, 0.6) is 0 Å². The number of halogens is 2. The molecule has 5 unspecified atom stereocenters. The summed E-state index contributed by atoms with van der Waals surface area (Å²) in [5.74, 6) is -10.2. The fraction of sp³-hybridized carbons (Fsp3) is 0.394. The van der Waals surface area contributed by atoms with Crippen molar-refractivity contribution in [1.29, 1.82) is 0 Å². The molecule has 2 fully saturated rings. The number of carboxylic acids is 1. The molecule has 5 atom stereocenters. The number of hydroxylamine groups is 1. The SMILES string of the molecule is CC(OC1(N(OC2(NS(=O)(=O)c3ccc(Cl)c([N+](=O)[O-])c3)OCCCC23c2ccc(cc2)C3C(=O)O)S(=O)(=O)c2ccc(Cl)c([N+](=O)[O-])c2)CCCCO1)C(N)=O. The number of nitro benzene ring substituents is 2. The number of ether oxygens (including phenoxy) is 3. The molecule has 2 aliphatic heterocycles. The molecule has 2 saturated heterocycles. The first kappa shape index (κ1) is 42.3. The number of carbonyl (C=O) groups is 2. The Kier molecular flexibility index (Phi) is 11.4. The molecule has 3 aromatic carbocycles. The van der Waals surface area contributed by atoms with Crippen LogP contribution in [-0.4, -0.2) is 79.3 Å². The summed E-state index contributed by atoms with van der Waals surface area (Å²) in [6.45, 7) is 0.507. The van der Waals surface area contributed by atoms with E-state index in [4.69, 9.17) is 48.0 Å².